The quantitative estimate of drug-likeness (QED) is 0.533. The van der Waals surface area contributed by atoms with Gasteiger partial charge in [-0.15, -0.1) is 0 Å². The number of benzene rings is 1. The molecule has 1 heterocycles. The number of hydrogen-bond acceptors (Lipinski definition) is 4. The first-order chi connectivity index (χ1) is 5.91. The zero-order valence-corrected chi connectivity index (χ0v) is 7.42. The molecule has 5 nitrogen and oxygen atoms in total. The van der Waals surface area contributed by atoms with Crippen molar-refractivity contribution in [3.05, 3.63) is 11.6 Å². The van der Waals surface area contributed by atoms with Crippen LogP contribution < -0.4 is 4.74 Å². The maximum absolute atomic E-state index is 10.8. The van der Waals surface area contributed by atoms with Gasteiger partial charge in [-0.05, 0) is 6.92 Å². The summed E-state index contributed by atoms with van der Waals surface area (Å²) < 4.78 is 35.2. The first-order valence-corrected chi connectivity index (χ1v) is 4.87. The molecule has 0 aliphatic carbocycles. The van der Waals surface area contributed by atoms with Crippen molar-refractivity contribution < 1.29 is 22.8 Å². The molecule has 0 saturated carbocycles. The molecular weight excluding hydrogens is 196 g/mol. The lowest BCUT2D eigenvalue weighted by molar-refractivity contribution is 0.462. The molecule has 70 valence electrons. The van der Waals surface area contributed by atoms with E-state index in [4.69, 9.17) is 9.29 Å². The zero-order valence-electron chi connectivity index (χ0n) is 6.60. The number of ether oxygens (including phenoxy) is 1. The lowest BCUT2D eigenvalue weighted by Crippen LogP contribution is -1.99. The van der Waals surface area contributed by atoms with Crippen molar-refractivity contribution >= 4 is 10.1 Å². The van der Waals surface area contributed by atoms with Crippen LogP contribution in [0.5, 0.6) is 17.2 Å². The Morgan fingerprint density at radius 2 is 2.08 bits per heavy atom. The van der Waals surface area contributed by atoms with Crippen LogP contribution in [0.4, 0.5) is 0 Å². The fourth-order valence-electron chi connectivity index (χ4n) is 1.17. The number of aromatic hydroxyl groups is 1. The Labute approximate surface area is 74.3 Å². The van der Waals surface area contributed by atoms with Gasteiger partial charge < -0.3 is 9.84 Å². The summed E-state index contributed by atoms with van der Waals surface area (Å²) in [4.78, 5) is -0.345. The maximum Gasteiger partial charge on any atom is 0.298 e. The molecule has 6 heteroatoms. The number of phenols is 1. The summed E-state index contributed by atoms with van der Waals surface area (Å²) in [6.45, 7) is 1.39. The van der Waals surface area contributed by atoms with Crippen LogP contribution in [0.15, 0.2) is 11.0 Å². The van der Waals surface area contributed by atoms with Gasteiger partial charge >= 0.3 is 0 Å². The van der Waals surface area contributed by atoms with Gasteiger partial charge in [-0.25, -0.2) is 0 Å². The Morgan fingerprint density at radius 3 is 2.62 bits per heavy atom. The fourth-order valence-corrected chi connectivity index (χ4v) is 2.04. The van der Waals surface area contributed by atoms with E-state index in [2.05, 4.69) is 0 Å². The van der Waals surface area contributed by atoms with Gasteiger partial charge in [-0.2, -0.15) is 8.42 Å². The lowest BCUT2D eigenvalue weighted by atomic mass is 10.2. The van der Waals surface area contributed by atoms with Crippen LogP contribution in [-0.2, 0) is 10.1 Å². The average Bonchev–Trinajstić information content (AvgIpc) is 2.64. The summed E-state index contributed by atoms with van der Waals surface area (Å²) in [5, 5.41) is 9.22. The number of phenolic OH excluding ortho intramolecular Hbond substituents is 1. The van der Waals surface area contributed by atoms with Crippen LogP contribution in [0.1, 0.15) is 5.56 Å². The van der Waals surface area contributed by atoms with Crippen molar-refractivity contribution in [2.24, 2.45) is 0 Å². The molecule has 13 heavy (non-hydrogen) atoms. The number of fused-ring (bicyclic) bond motifs is 1. The molecule has 1 aromatic carbocycles. The Balaban J connectivity index is 2.81. The monoisotopic (exact) mass is 202 g/mol. The topological polar surface area (TPSA) is 87.1 Å². The minimum absolute atomic E-state index is 0.0961. The predicted octanol–water partition coefficient (Wildman–Crippen LogP) is 1.05. The largest absolute Gasteiger partial charge is 0.507 e. The lowest BCUT2D eigenvalue weighted by Gasteiger charge is -1.99. The van der Waals surface area contributed by atoms with Gasteiger partial charge in [0.1, 0.15) is 10.6 Å². The van der Waals surface area contributed by atoms with Crippen LogP contribution in [0.3, 0.4) is 0 Å². The van der Waals surface area contributed by atoms with Gasteiger partial charge in [0.05, 0.1) is 0 Å². The first kappa shape index (κ1) is 8.33. The molecule has 0 unspecified atom stereocenters. The van der Waals surface area contributed by atoms with Crippen LogP contribution in [0.2, 0.25) is 0 Å². The van der Waals surface area contributed by atoms with E-state index >= 15 is 0 Å². The molecule has 0 amide bonds. The number of hydrogen-bond donors (Lipinski definition) is 2. The Kier molecular flexibility index (Phi) is 1.38. The standard InChI is InChI=1S/C7H6O5S/c1-3-4(8)2-5-6(12-5)7(3)13(9,10)11/h2,8H,1H3,(H,9,10,11). The van der Waals surface area contributed by atoms with Gasteiger partial charge in [-0.3, -0.25) is 4.55 Å². The Morgan fingerprint density at radius 1 is 1.46 bits per heavy atom. The highest BCUT2D eigenvalue weighted by molar-refractivity contribution is 7.86. The van der Waals surface area contributed by atoms with E-state index in [1.165, 1.54) is 13.0 Å². The molecule has 0 spiro atoms. The minimum atomic E-state index is -4.32. The Bertz CT molecular complexity index is 488. The molecule has 0 fully saturated rings. The highest BCUT2D eigenvalue weighted by Crippen LogP contribution is 2.53. The van der Waals surface area contributed by atoms with Crippen LogP contribution in [0, 0.1) is 6.92 Å². The van der Waals surface area contributed by atoms with E-state index in [1.807, 2.05) is 0 Å². The molecule has 0 radical (unpaired) electrons. The van der Waals surface area contributed by atoms with Gasteiger partial charge in [0.2, 0.25) is 0 Å². The van der Waals surface area contributed by atoms with Gasteiger partial charge in [0.15, 0.2) is 11.5 Å². The second-order valence-electron chi connectivity index (χ2n) is 2.75. The smallest absolute Gasteiger partial charge is 0.298 e. The second-order valence-corrected chi connectivity index (χ2v) is 4.11. The van der Waals surface area contributed by atoms with Crippen molar-refractivity contribution in [2.75, 3.05) is 0 Å². The van der Waals surface area contributed by atoms with E-state index in [1.54, 1.807) is 0 Å². The summed E-state index contributed by atoms with van der Waals surface area (Å²) in [5.41, 5.74) is 0.0961. The highest BCUT2D eigenvalue weighted by Gasteiger charge is 2.34. The normalized spacial score (nSPS) is 13.4. The molecule has 2 rings (SSSR count). The summed E-state index contributed by atoms with van der Waals surface area (Å²) in [7, 11) is -4.32. The molecule has 1 aromatic rings. The first-order valence-electron chi connectivity index (χ1n) is 3.43. The number of rotatable bonds is 1. The third-order valence-electron chi connectivity index (χ3n) is 1.85. The summed E-state index contributed by atoms with van der Waals surface area (Å²) >= 11 is 0. The average molecular weight is 202 g/mol. The van der Waals surface area contributed by atoms with Crippen molar-refractivity contribution in [1.82, 2.24) is 0 Å². The predicted molar refractivity (Wildman–Crippen MR) is 42.7 cm³/mol. The SMILES string of the molecule is Cc1c(O)cc2c(c1S(=O)(=O)O)O2. The van der Waals surface area contributed by atoms with E-state index in [0.717, 1.165) is 0 Å². The van der Waals surface area contributed by atoms with Crippen molar-refractivity contribution in [1.29, 1.82) is 0 Å². The van der Waals surface area contributed by atoms with E-state index < -0.39 is 10.1 Å². The molecule has 0 aromatic heterocycles. The fraction of sp³-hybridized carbons (Fsp3) is 0.143. The van der Waals surface area contributed by atoms with Crippen LogP contribution in [-0.4, -0.2) is 18.1 Å². The molecule has 2 N–H and O–H groups in total. The Hall–Kier alpha value is -1.27. The van der Waals surface area contributed by atoms with E-state index in [0.29, 0.717) is 0 Å². The third-order valence-corrected chi connectivity index (χ3v) is 2.86. The van der Waals surface area contributed by atoms with Gasteiger partial charge in [-0.1, -0.05) is 0 Å². The van der Waals surface area contributed by atoms with E-state index in [9.17, 15) is 13.5 Å². The van der Waals surface area contributed by atoms with Crippen LogP contribution in [0.25, 0.3) is 0 Å². The maximum atomic E-state index is 10.8. The minimum Gasteiger partial charge on any atom is -0.507 e. The van der Waals surface area contributed by atoms with Gasteiger partial charge in [0, 0.05) is 11.6 Å². The van der Waals surface area contributed by atoms with Crippen molar-refractivity contribution in [3.8, 4) is 17.2 Å². The summed E-state index contributed by atoms with van der Waals surface area (Å²) in [6, 6.07) is 1.30. The molecule has 0 bridgehead atoms. The molecule has 1 aliphatic rings. The zero-order chi connectivity index (χ0) is 9.80. The summed E-state index contributed by atoms with van der Waals surface area (Å²) in [6.07, 6.45) is 0. The van der Waals surface area contributed by atoms with Crippen LogP contribution >= 0.6 is 0 Å². The summed E-state index contributed by atoms with van der Waals surface area (Å²) in [5.74, 6) is 0.206. The van der Waals surface area contributed by atoms with Crippen molar-refractivity contribution in [3.63, 3.8) is 0 Å². The molecule has 0 saturated heterocycles. The van der Waals surface area contributed by atoms with Crippen molar-refractivity contribution in [2.45, 2.75) is 11.8 Å². The second kappa shape index (κ2) is 2.15. The third kappa shape index (κ3) is 1.14. The van der Waals surface area contributed by atoms with E-state index in [-0.39, 0.29) is 27.7 Å². The molecular formula is C7H6O5S. The van der Waals surface area contributed by atoms with Gasteiger partial charge in [0.25, 0.3) is 10.1 Å². The molecule has 1 aliphatic heterocycles. The molecule has 0 atom stereocenters. The highest BCUT2D eigenvalue weighted by atomic mass is 32.2.